The summed E-state index contributed by atoms with van der Waals surface area (Å²) < 4.78 is 0. The summed E-state index contributed by atoms with van der Waals surface area (Å²) in [7, 11) is 0. The van der Waals surface area contributed by atoms with Crippen molar-refractivity contribution in [1.29, 1.82) is 0 Å². The lowest BCUT2D eigenvalue weighted by atomic mass is 10.3. The third kappa shape index (κ3) is 2.56. The standard InChI is InChI=1S/C13H10N8S/c1-2-12(20-13-21-17-7-22-13)19-11-3-8(4-14-10(1)11)18-9-5-15-16-6-9/h1-7,18H,(H,15,16)(H,19,20,21). The van der Waals surface area contributed by atoms with E-state index in [9.17, 15) is 0 Å². The maximum Gasteiger partial charge on any atom is 0.210 e. The van der Waals surface area contributed by atoms with E-state index in [0.717, 1.165) is 22.4 Å². The van der Waals surface area contributed by atoms with Crippen molar-refractivity contribution in [2.24, 2.45) is 0 Å². The van der Waals surface area contributed by atoms with E-state index < -0.39 is 0 Å². The minimum absolute atomic E-state index is 0.700. The van der Waals surface area contributed by atoms with Crippen molar-refractivity contribution >= 4 is 44.7 Å². The SMILES string of the molecule is c1nnc(Nc2ccc3ncc(Nc4cn[nH]c4)cc3n2)s1. The van der Waals surface area contributed by atoms with Crippen LogP contribution < -0.4 is 10.6 Å². The van der Waals surface area contributed by atoms with Crippen molar-refractivity contribution in [3.05, 3.63) is 42.3 Å². The average molecular weight is 310 g/mol. The molecule has 4 aromatic rings. The van der Waals surface area contributed by atoms with Crippen molar-refractivity contribution in [3.8, 4) is 0 Å². The highest BCUT2D eigenvalue weighted by molar-refractivity contribution is 7.13. The molecule has 4 rings (SSSR count). The minimum atomic E-state index is 0.700. The highest BCUT2D eigenvalue weighted by atomic mass is 32.1. The summed E-state index contributed by atoms with van der Waals surface area (Å²) in [4.78, 5) is 8.93. The maximum absolute atomic E-state index is 4.54. The average Bonchev–Trinajstić information content (AvgIpc) is 3.21. The van der Waals surface area contributed by atoms with Crippen LogP contribution in [0, 0.1) is 0 Å². The molecule has 0 amide bonds. The quantitative estimate of drug-likeness (QED) is 0.532. The van der Waals surface area contributed by atoms with Gasteiger partial charge in [0, 0.05) is 6.20 Å². The summed E-state index contributed by atoms with van der Waals surface area (Å²) in [5.41, 5.74) is 4.97. The lowest BCUT2D eigenvalue weighted by molar-refractivity contribution is 1.09. The van der Waals surface area contributed by atoms with Gasteiger partial charge in [-0.05, 0) is 18.2 Å². The zero-order valence-corrected chi connectivity index (χ0v) is 12.0. The minimum Gasteiger partial charge on any atom is -0.352 e. The highest BCUT2D eigenvalue weighted by Gasteiger charge is 2.04. The monoisotopic (exact) mass is 310 g/mol. The van der Waals surface area contributed by atoms with E-state index >= 15 is 0 Å². The molecular weight excluding hydrogens is 300 g/mol. The van der Waals surface area contributed by atoms with Gasteiger partial charge in [-0.25, -0.2) is 4.98 Å². The number of aromatic amines is 1. The summed E-state index contributed by atoms with van der Waals surface area (Å²) in [6.07, 6.45) is 5.23. The maximum atomic E-state index is 4.54. The molecule has 4 aromatic heterocycles. The van der Waals surface area contributed by atoms with Crippen LogP contribution in [-0.2, 0) is 0 Å². The first-order valence-electron chi connectivity index (χ1n) is 6.43. The number of hydrogen-bond donors (Lipinski definition) is 3. The van der Waals surface area contributed by atoms with Crippen LogP contribution in [0.25, 0.3) is 11.0 Å². The molecule has 4 heterocycles. The number of nitrogens with zero attached hydrogens (tertiary/aromatic N) is 5. The van der Waals surface area contributed by atoms with Gasteiger partial charge in [-0.15, -0.1) is 10.2 Å². The van der Waals surface area contributed by atoms with Gasteiger partial charge in [0.05, 0.1) is 34.8 Å². The molecule has 0 atom stereocenters. The van der Waals surface area contributed by atoms with Gasteiger partial charge in [0.2, 0.25) is 5.13 Å². The van der Waals surface area contributed by atoms with Crippen LogP contribution in [0.15, 0.2) is 42.3 Å². The molecule has 3 N–H and O–H groups in total. The second kappa shape index (κ2) is 5.37. The van der Waals surface area contributed by atoms with E-state index in [0.29, 0.717) is 10.9 Å². The predicted octanol–water partition coefficient (Wildman–Crippen LogP) is 2.69. The fourth-order valence-electron chi connectivity index (χ4n) is 1.97. The van der Waals surface area contributed by atoms with Crippen LogP contribution in [0.1, 0.15) is 0 Å². The summed E-state index contributed by atoms with van der Waals surface area (Å²) in [5, 5.41) is 21.4. The van der Waals surface area contributed by atoms with Crippen LogP contribution in [0.4, 0.5) is 22.3 Å². The molecule has 108 valence electrons. The van der Waals surface area contributed by atoms with Gasteiger partial charge in [-0.2, -0.15) is 5.10 Å². The van der Waals surface area contributed by atoms with E-state index in [1.165, 1.54) is 11.3 Å². The Bertz CT molecular complexity index is 817. The molecule has 0 unspecified atom stereocenters. The number of nitrogens with one attached hydrogen (secondary N) is 3. The number of hydrogen-bond acceptors (Lipinski definition) is 8. The first kappa shape index (κ1) is 12.7. The molecular formula is C13H10N8S. The van der Waals surface area contributed by atoms with Gasteiger partial charge in [-0.1, -0.05) is 11.3 Å². The Labute approximate surface area is 128 Å². The van der Waals surface area contributed by atoms with Crippen LogP contribution >= 0.6 is 11.3 Å². The number of fused-ring (bicyclic) bond motifs is 1. The Morgan fingerprint density at radius 1 is 1.05 bits per heavy atom. The number of aromatic nitrogens is 6. The number of H-pyrrole nitrogens is 1. The number of rotatable bonds is 4. The molecule has 0 aromatic carbocycles. The van der Waals surface area contributed by atoms with Gasteiger partial charge in [-0.3, -0.25) is 10.1 Å². The fourth-order valence-corrected chi connectivity index (χ4v) is 2.42. The molecule has 8 nitrogen and oxygen atoms in total. The van der Waals surface area contributed by atoms with Crippen LogP contribution in [0.2, 0.25) is 0 Å². The van der Waals surface area contributed by atoms with Gasteiger partial charge in [0.1, 0.15) is 11.3 Å². The van der Waals surface area contributed by atoms with Gasteiger partial charge in [0.15, 0.2) is 0 Å². The molecule has 0 aliphatic heterocycles. The topological polar surface area (TPSA) is 104 Å². The molecule has 0 saturated carbocycles. The Morgan fingerprint density at radius 2 is 2.05 bits per heavy atom. The smallest absolute Gasteiger partial charge is 0.210 e. The van der Waals surface area contributed by atoms with Gasteiger partial charge in [0.25, 0.3) is 0 Å². The normalized spacial score (nSPS) is 10.7. The predicted molar refractivity (Wildman–Crippen MR) is 84.6 cm³/mol. The van der Waals surface area contributed by atoms with E-state index in [2.05, 4.69) is 41.0 Å². The van der Waals surface area contributed by atoms with Crippen LogP contribution in [0.5, 0.6) is 0 Å². The Hall–Kier alpha value is -3.07. The fraction of sp³-hybridized carbons (Fsp3) is 0. The lowest BCUT2D eigenvalue weighted by Crippen LogP contribution is -1.95. The Kier molecular flexibility index (Phi) is 3.09. The number of pyridine rings is 2. The van der Waals surface area contributed by atoms with Crippen molar-refractivity contribution in [1.82, 2.24) is 30.4 Å². The Balaban J connectivity index is 1.65. The third-order valence-electron chi connectivity index (χ3n) is 2.92. The van der Waals surface area contributed by atoms with Gasteiger partial charge < -0.3 is 10.6 Å². The van der Waals surface area contributed by atoms with Crippen LogP contribution in [-0.4, -0.2) is 30.4 Å². The zero-order chi connectivity index (χ0) is 14.8. The molecule has 0 aliphatic carbocycles. The molecule has 0 radical (unpaired) electrons. The molecule has 0 fully saturated rings. The van der Waals surface area contributed by atoms with E-state index in [1.54, 1.807) is 24.1 Å². The number of anilines is 4. The largest absolute Gasteiger partial charge is 0.352 e. The van der Waals surface area contributed by atoms with Crippen molar-refractivity contribution in [3.63, 3.8) is 0 Å². The summed E-state index contributed by atoms with van der Waals surface area (Å²) in [5.74, 6) is 0.700. The molecule has 22 heavy (non-hydrogen) atoms. The second-order valence-electron chi connectivity index (χ2n) is 4.44. The molecule has 9 heteroatoms. The molecule has 0 bridgehead atoms. The molecule has 0 aliphatic rings. The van der Waals surface area contributed by atoms with Crippen molar-refractivity contribution < 1.29 is 0 Å². The van der Waals surface area contributed by atoms with E-state index in [-0.39, 0.29) is 0 Å². The van der Waals surface area contributed by atoms with E-state index in [4.69, 9.17) is 0 Å². The summed E-state index contributed by atoms with van der Waals surface area (Å²) in [6, 6.07) is 5.70. The Morgan fingerprint density at radius 3 is 2.86 bits per heavy atom. The van der Waals surface area contributed by atoms with Crippen LogP contribution in [0.3, 0.4) is 0 Å². The van der Waals surface area contributed by atoms with Crippen molar-refractivity contribution in [2.75, 3.05) is 10.6 Å². The first-order chi connectivity index (χ1) is 10.9. The van der Waals surface area contributed by atoms with E-state index in [1.807, 2.05) is 18.2 Å². The third-order valence-corrected chi connectivity index (χ3v) is 3.53. The van der Waals surface area contributed by atoms with Gasteiger partial charge >= 0.3 is 0 Å². The second-order valence-corrected chi connectivity index (χ2v) is 5.27. The molecule has 0 spiro atoms. The zero-order valence-electron chi connectivity index (χ0n) is 11.2. The highest BCUT2D eigenvalue weighted by Crippen LogP contribution is 2.22. The summed E-state index contributed by atoms with van der Waals surface area (Å²) in [6.45, 7) is 0. The molecule has 0 saturated heterocycles. The summed E-state index contributed by atoms with van der Waals surface area (Å²) >= 11 is 1.42. The van der Waals surface area contributed by atoms with Crippen molar-refractivity contribution in [2.45, 2.75) is 0 Å². The first-order valence-corrected chi connectivity index (χ1v) is 7.30. The lowest BCUT2D eigenvalue weighted by Gasteiger charge is -2.06.